The van der Waals surface area contributed by atoms with E-state index in [9.17, 15) is 5.11 Å². The van der Waals surface area contributed by atoms with Crippen LogP contribution in [0.15, 0.2) is 24.3 Å². The Morgan fingerprint density at radius 3 is 2.80 bits per heavy atom. The van der Waals surface area contributed by atoms with E-state index in [4.69, 9.17) is 11.6 Å². The third-order valence-corrected chi connectivity index (χ3v) is 5.14. The molecule has 0 aromatic heterocycles. The minimum Gasteiger partial charge on any atom is -0.393 e. The van der Waals surface area contributed by atoms with E-state index in [2.05, 4.69) is 17.4 Å². The number of aliphatic hydroxyl groups excluding tert-OH is 1. The first kappa shape index (κ1) is 14.4. The number of hydrogen-bond donors (Lipinski definition) is 2. The zero-order valence-electron chi connectivity index (χ0n) is 11.9. The maximum absolute atomic E-state index is 9.69. The maximum atomic E-state index is 9.69. The second-order valence-electron chi connectivity index (χ2n) is 6.51. The average molecular weight is 294 g/mol. The van der Waals surface area contributed by atoms with Crippen molar-refractivity contribution in [1.29, 1.82) is 0 Å². The summed E-state index contributed by atoms with van der Waals surface area (Å²) in [4.78, 5) is 0. The van der Waals surface area contributed by atoms with Gasteiger partial charge in [0.05, 0.1) is 6.10 Å². The summed E-state index contributed by atoms with van der Waals surface area (Å²) in [6.45, 7) is 1.07. The van der Waals surface area contributed by atoms with Crippen LogP contribution >= 0.6 is 11.6 Å². The van der Waals surface area contributed by atoms with Gasteiger partial charge in [0.1, 0.15) is 0 Å². The number of rotatable bonds is 4. The Morgan fingerprint density at radius 2 is 2.05 bits per heavy atom. The third-order valence-electron chi connectivity index (χ3n) is 4.91. The molecule has 2 aliphatic carbocycles. The number of halogens is 1. The fraction of sp³-hybridized carbons (Fsp3) is 0.647. The van der Waals surface area contributed by atoms with Gasteiger partial charge in [0.2, 0.25) is 0 Å². The monoisotopic (exact) mass is 293 g/mol. The van der Waals surface area contributed by atoms with Gasteiger partial charge in [-0.15, -0.1) is 0 Å². The topological polar surface area (TPSA) is 32.3 Å². The van der Waals surface area contributed by atoms with Gasteiger partial charge >= 0.3 is 0 Å². The van der Waals surface area contributed by atoms with E-state index >= 15 is 0 Å². The molecule has 0 saturated heterocycles. The average Bonchev–Trinajstić information content (AvgIpc) is 2.37. The van der Waals surface area contributed by atoms with Crippen LogP contribution in [0.4, 0.5) is 0 Å². The zero-order chi connectivity index (χ0) is 13.9. The predicted octanol–water partition coefficient (Wildman–Crippen LogP) is 3.73. The fourth-order valence-electron chi connectivity index (χ4n) is 3.60. The Bertz CT molecular complexity index is 444. The lowest BCUT2D eigenvalue weighted by molar-refractivity contribution is 0.0976. The summed E-state index contributed by atoms with van der Waals surface area (Å²) in [5.41, 5.74) is 1.38. The molecule has 1 aromatic carbocycles. The molecule has 2 fully saturated rings. The van der Waals surface area contributed by atoms with E-state index in [1.165, 1.54) is 31.2 Å². The van der Waals surface area contributed by atoms with Gasteiger partial charge in [-0.05, 0) is 68.2 Å². The van der Waals surface area contributed by atoms with Crippen molar-refractivity contribution in [3.05, 3.63) is 34.9 Å². The van der Waals surface area contributed by atoms with Crippen LogP contribution in [0.3, 0.4) is 0 Å². The lowest BCUT2D eigenvalue weighted by atomic mass is 9.75. The van der Waals surface area contributed by atoms with Crippen LogP contribution in [0.5, 0.6) is 0 Å². The molecule has 0 bridgehead atoms. The van der Waals surface area contributed by atoms with Gasteiger partial charge in [-0.2, -0.15) is 0 Å². The van der Waals surface area contributed by atoms with Gasteiger partial charge in [-0.3, -0.25) is 0 Å². The molecule has 20 heavy (non-hydrogen) atoms. The van der Waals surface area contributed by atoms with Crippen molar-refractivity contribution in [2.24, 2.45) is 5.92 Å². The van der Waals surface area contributed by atoms with Crippen LogP contribution in [0.1, 0.15) is 50.0 Å². The van der Waals surface area contributed by atoms with Crippen molar-refractivity contribution in [3.8, 4) is 0 Å². The molecule has 110 valence electrons. The summed E-state index contributed by atoms with van der Waals surface area (Å²) in [5.74, 6) is 1.34. The molecule has 2 atom stereocenters. The zero-order valence-corrected chi connectivity index (χ0v) is 12.6. The molecule has 3 heteroatoms. The molecule has 0 amide bonds. The van der Waals surface area contributed by atoms with Gasteiger partial charge < -0.3 is 10.4 Å². The minimum absolute atomic E-state index is 0.0591. The van der Waals surface area contributed by atoms with Crippen LogP contribution in [0, 0.1) is 5.92 Å². The number of aliphatic hydroxyl groups is 1. The first-order chi connectivity index (χ1) is 9.70. The Morgan fingerprint density at radius 1 is 1.20 bits per heavy atom. The largest absolute Gasteiger partial charge is 0.393 e. The number of hydrogen-bond acceptors (Lipinski definition) is 2. The van der Waals surface area contributed by atoms with Crippen molar-refractivity contribution in [3.63, 3.8) is 0 Å². The fourth-order valence-corrected chi connectivity index (χ4v) is 3.80. The molecule has 0 aliphatic heterocycles. The van der Waals surface area contributed by atoms with E-state index in [1.54, 1.807) is 0 Å². The summed E-state index contributed by atoms with van der Waals surface area (Å²) in [7, 11) is 0. The van der Waals surface area contributed by atoms with Crippen LogP contribution in [-0.4, -0.2) is 23.8 Å². The van der Waals surface area contributed by atoms with E-state index in [1.807, 2.05) is 12.1 Å². The van der Waals surface area contributed by atoms with Gasteiger partial charge in [0.25, 0.3) is 0 Å². The lowest BCUT2D eigenvalue weighted by Gasteiger charge is -2.38. The molecular formula is C17H24ClNO. The van der Waals surface area contributed by atoms with Gasteiger partial charge in [0, 0.05) is 11.1 Å². The summed E-state index contributed by atoms with van der Waals surface area (Å²) < 4.78 is 0. The van der Waals surface area contributed by atoms with Gasteiger partial charge in [-0.25, -0.2) is 0 Å². The first-order valence-corrected chi connectivity index (χ1v) is 8.25. The van der Waals surface area contributed by atoms with Crippen molar-refractivity contribution in [2.45, 2.75) is 56.6 Å². The number of benzene rings is 1. The van der Waals surface area contributed by atoms with E-state index in [-0.39, 0.29) is 6.10 Å². The normalized spacial score (nSPS) is 33.7. The minimum atomic E-state index is -0.0591. The van der Waals surface area contributed by atoms with Crippen molar-refractivity contribution < 1.29 is 5.11 Å². The summed E-state index contributed by atoms with van der Waals surface area (Å²) in [6, 6.07) is 8.91. The Balaban J connectivity index is 1.40. The molecule has 2 N–H and O–H groups in total. The molecular weight excluding hydrogens is 270 g/mol. The SMILES string of the molecule is OC1CCCC(CNC2CC(c3cccc(Cl)c3)C2)C1. The Kier molecular flexibility index (Phi) is 4.65. The van der Waals surface area contributed by atoms with E-state index in [0.29, 0.717) is 17.9 Å². The molecule has 3 rings (SSSR count). The van der Waals surface area contributed by atoms with Gasteiger partial charge in [-0.1, -0.05) is 30.2 Å². The summed E-state index contributed by atoms with van der Waals surface area (Å²) >= 11 is 6.04. The molecule has 0 heterocycles. The molecule has 0 radical (unpaired) electrons. The Labute approximate surface area is 126 Å². The van der Waals surface area contributed by atoms with Crippen molar-refractivity contribution in [2.75, 3.05) is 6.54 Å². The lowest BCUT2D eigenvalue weighted by Crippen LogP contribution is -2.43. The molecule has 1 aromatic rings. The van der Waals surface area contributed by atoms with Crippen LogP contribution in [0.25, 0.3) is 0 Å². The third kappa shape index (κ3) is 3.55. The summed E-state index contributed by atoms with van der Waals surface area (Å²) in [5, 5.41) is 14.2. The van der Waals surface area contributed by atoms with E-state index in [0.717, 1.165) is 24.4 Å². The molecule has 2 aliphatic rings. The van der Waals surface area contributed by atoms with Crippen LogP contribution < -0.4 is 5.32 Å². The van der Waals surface area contributed by atoms with E-state index < -0.39 is 0 Å². The smallest absolute Gasteiger partial charge is 0.0543 e. The molecule has 2 saturated carbocycles. The highest BCUT2D eigenvalue weighted by molar-refractivity contribution is 6.30. The number of nitrogens with one attached hydrogen (secondary N) is 1. The summed E-state index contributed by atoms with van der Waals surface area (Å²) in [6.07, 6.45) is 6.81. The van der Waals surface area contributed by atoms with Crippen LogP contribution in [0.2, 0.25) is 5.02 Å². The quantitative estimate of drug-likeness (QED) is 0.886. The predicted molar refractivity (Wildman–Crippen MR) is 83.2 cm³/mol. The highest BCUT2D eigenvalue weighted by Crippen LogP contribution is 2.37. The molecule has 0 spiro atoms. The highest BCUT2D eigenvalue weighted by atomic mass is 35.5. The van der Waals surface area contributed by atoms with Crippen LogP contribution in [-0.2, 0) is 0 Å². The van der Waals surface area contributed by atoms with Gasteiger partial charge in [0.15, 0.2) is 0 Å². The molecule has 2 unspecified atom stereocenters. The highest BCUT2D eigenvalue weighted by Gasteiger charge is 2.31. The van der Waals surface area contributed by atoms with Crippen molar-refractivity contribution >= 4 is 11.6 Å². The second-order valence-corrected chi connectivity index (χ2v) is 6.95. The maximum Gasteiger partial charge on any atom is 0.0543 e. The second kappa shape index (κ2) is 6.46. The Hall–Kier alpha value is -0.570. The van der Waals surface area contributed by atoms with Crippen molar-refractivity contribution in [1.82, 2.24) is 5.32 Å². The molecule has 2 nitrogen and oxygen atoms in total. The standard InChI is InChI=1S/C17H24ClNO/c18-15-5-2-4-13(8-15)14-9-16(10-14)19-11-12-3-1-6-17(20)7-12/h2,4-5,8,12,14,16-17,19-20H,1,3,6-7,9-11H2. The first-order valence-electron chi connectivity index (χ1n) is 7.87.